The fourth-order valence-corrected chi connectivity index (χ4v) is 8.73. The molecule has 16 heteroatoms. The van der Waals surface area contributed by atoms with Gasteiger partial charge in [0.25, 0.3) is 11.8 Å². The minimum absolute atomic E-state index is 0. The zero-order valence-electron chi connectivity index (χ0n) is 41.4. The summed E-state index contributed by atoms with van der Waals surface area (Å²) in [5.41, 5.74) is 10.3. The van der Waals surface area contributed by atoms with Crippen LogP contribution in [0.1, 0.15) is 100 Å². The molecule has 0 radical (unpaired) electrons. The number of halogens is 4. The molecule has 2 aliphatic rings. The van der Waals surface area contributed by atoms with Gasteiger partial charge in [0, 0.05) is 68.9 Å². The summed E-state index contributed by atoms with van der Waals surface area (Å²) in [4.78, 5) is 28.4. The Morgan fingerprint density at radius 1 is 0.614 bits per heavy atom. The average molecular weight is 1040 g/mol. The molecule has 2 aromatic heterocycles. The number of likely N-dealkylation sites (N-methyl/N-ethyl adjacent to an activating group) is 1. The van der Waals surface area contributed by atoms with Crippen LogP contribution in [0.25, 0.3) is 0 Å². The number of hydrogen-bond acceptors (Lipinski definition) is 8. The summed E-state index contributed by atoms with van der Waals surface area (Å²) in [6.45, 7) is 21.9. The third-order valence-corrected chi connectivity index (χ3v) is 12.7. The van der Waals surface area contributed by atoms with Crippen LogP contribution in [0.15, 0.2) is 84.9 Å². The first-order valence-corrected chi connectivity index (χ1v) is 24.7. The van der Waals surface area contributed by atoms with Gasteiger partial charge in [0.05, 0.1) is 26.3 Å². The molecule has 12 nitrogen and oxygen atoms in total. The van der Waals surface area contributed by atoms with Crippen molar-refractivity contribution in [2.75, 3.05) is 56.6 Å². The van der Waals surface area contributed by atoms with Gasteiger partial charge in [0.2, 0.25) is 0 Å². The molecule has 0 spiro atoms. The van der Waals surface area contributed by atoms with E-state index in [1.165, 1.54) is 22.3 Å². The van der Waals surface area contributed by atoms with Crippen molar-refractivity contribution in [3.63, 3.8) is 0 Å². The average Bonchev–Trinajstić information content (AvgIpc) is 3.61. The number of benzene rings is 4. The summed E-state index contributed by atoms with van der Waals surface area (Å²) in [6.07, 6.45) is 3.93. The molecule has 70 heavy (non-hydrogen) atoms. The lowest BCUT2D eigenvalue weighted by atomic mass is 10.00. The van der Waals surface area contributed by atoms with E-state index in [1.54, 1.807) is 0 Å². The van der Waals surface area contributed by atoms with Gasteiger partial charge in [-0.25, -0.2) is 0 Å². The largest absolute Gasteiger partial charge is 0.493 e. The highest BCUT2D eigenvalue weighted by Gasteiger charge is 2.19. The Hall–Kier alpha value is -5.08. The summed E-state index contributed by atoms with van der Waals surface area (Å²) in [6, 6.07) is 27.1. The van der Waals surface area contributed by atoms with E-state index in [0.717, 1.165) is 92.4 Å². The number of aromatic nitrogens is 4. The lowest BCUT2D eigenvalue weighted by molar-refractivity contribution is 0.101. The van der Waals surface area contributed by atoms with Crippen LogP contribution in [0.5, 0.6) is 11.5 Å². The predicted octanol–water partition coefficient (Wildman–Crippen LogP) is 11.3. The molecule has 3 N–H and O–H groups in total. The molecule has 2 amide bonds. The van der Waals surface area contributed by atoms with Crippen molar-refractivity contribution in [2.45, 2.75) is 87.2 Å². The van der Waals surface area contributed by atoms with Gasteiger partial charge in [-0.1, -0.05) is 70.0 Å². The third-order valence-electron chi connectivity index (χ3n) is 12.2. The summed E-state index contributed by atoms with van der Waals surface area (Å²) in [7, 11) is 0. The molecule has 0 saturated heterocycles. The Balaban J connectivity index is 0.000000254. The molecule has 2 aliphatic heterocycles. The zero-order valence-corrected chi connectivity index (χ0v) is 44.5. The maximum absolute atomic E-state index is 13.0. The molecule has 6 aromatic rings. The first-order chi connectivity index (χ1) is 32.7. The number of anilines is 2. The van der Waals surface area contributed by atoms with Crippen LogP contribution in [0.4, 0.5) is 11.6 Å². The Kier molecular flexibility index (Phi) is 21.1. The second-order valence-electron chi connectivity index (χ2n) is 18.6. The normalized spacial score (nSPS) is 13.4. The second kappa shape index (κ2) is 26.4. The van der Waals surface area contributed by atoms with E-state index < -0.39 is 0 Å². The smallest absolute Gasteiger partial charge is 0.256 e. The van der Waals surface area contributed by atoms with Gasteiger partial charge in [-0.15, -0.1) is 24.8 Å². The molecular weight excluding hydrogens is 966 g/mol. The number of carbonyl (C=O) groups excluding carboxylic acids is 2. The topological polar surface area (TPSA) is 128 Å². The predicted molar refractivity (Wildman–Crippen MR) is 289 cm³/mol. The summed E-state index contributed by atoms with van der Waals surface area (Å²) in [5, 5.41) is 19.9. The van der Waals surface area contributed by atoms with Gasteiger partial charge in [-0.3, -0.25) is 19.0 Å². The SMILES string of the molecule is CCN1CCc2ccc(C(=O)Nc3cc(C)n(Cc4cc(Cl)ccc4OCC(C)C)n3)cc2CC1.Cc1cc(NC(=O)c2ccc3c(c2)CCNCC3)nn1Cc1cc(Cl)ccc1OCC(C)C.Cl.Cl. The van der Waals surface area contributed by atoms with Gasteiger partial charge < -0.3 is 30.3 Å². The Morgan fingerprint density at radius 2 is 1.04 bits per heavy atom. The van der Waals surface area contributed by atoms with Crippen LogP contribution in [-0.4, -0.2) is 82.2 Å². The first kappa shape index (κ1) is 55.8. The van der Waals surface area contributed by atoms with Crippen molar-refractivity contribution in [1.82, 2.24) is 29.8 Å². The van der Waals surface area contributed by atoms with Gasteiger partial charge in [0.1, 0.15) is 11.5 Å². The number of fused-ring (bicyclic) bond motifs is 2. The monoisotopic (exact) mass is 1030 g/mol. The summed E-state index contributed by atoms with van der Waals surface area (Å²) < 4.78 is 15.7. The summed E-state index contributed by atoms with van der Waals surface area (Å²) >= 11 is 12.5. The lowest BCUT2D eigenvalue weighted by Gasteiger charge is -2.16. The van der Waals surface area contributed by atoms with Gasteiger partial charge in [0.15, 0.2) is 11.6 Å². The number of hydrogen-bond donors (Lipinski definition) is 3. The molecule has 0 atom stereocenters. The number of nitrogens with one attached hydrogen (secondary N) is 3. The highest BCUT2D eigenvalue weighted by atomic mass is 35.5. The molecule has 0 saturated carbocycles. The standard InChI is InChI=1S/C28H35ClN4O2.C26H31ClN4O2.2ClH/c1-5-32-12-10-21-6-7-23(15-22(21)11-13-32)28(34)30-27-14-20(4)33(31-27)17-24-16-25(29)8-9-26(24)35-18-19(2)3;1-17(2)16-33-24-7-6-23(27)14-22(24)15-31-18(3)12-25(30-31)29-26(32)21-5-4-19-8-10-28-11-9-20(19)13-21;;/h6-9,14-16,19H,5,10-13,17-18H2,1-4H3,(H,30,31,34);4-7,12-14,17,28H,8-11,15-16H2,1-3H3,(H,29,30,32);2*1H. The van der Waals surface area contributed by atoms with E-state index in [1.807, 2.05) is 96.0 Å². The number of nitrogens with zero attached hydrogens (tertiary/aromatic N) is 5. The number of rotatable bonds is 15. The molecule has 4 aromatic carbocycles. The number of aryl methyl sites for hydroxylation is 2. The van der Waals surface area contributed by atoms with Crippen LogP contribution < -0.4 is 25.4 Å². The van der Waals surface area contributed by atoms with Gasteiger partial charge in [-0.05, 0) is 154 Å². The highest BCUT2D eigenvalue weighted by Crippen LogP contribution is 2.28. The molecule has 0 aliphatic carbocycles. The van der Waals surface area contributed by atoms with E-state index in [4.69, 9.17) is 32.7 Å². The van der Waals surface area contributed by atoms with Crippen molar-refractivity contribution >= 4 is 71.5 Å². The second-order valence-corrected chi connectivity index (χ2v) is 19.5. The van der Waals surface area contributed by atoms with Crippen molar-refractivity contribution in [3.05, 3.63) is 151 Å². The highest BCUT2D eigenvalue weighted by molar-refractivity contribution is 6.31. The molecule has 0 fully saturated rings. The van der Waals surface area contributed by atoms with E-state index in [9.17, 15) is 9.59 Å². The van der Waals surface area contributed by atoms with Crippen molar-refractivity contribution in [2.24, 2.45) is 11.8 Å². The van der Waals surface area contributed by atoms with E-state index in [-0.39, 0.29) is 36.6 Å². The van der Waals surface area contributed by atoms with Crippen molar-refractivity contribution < 1.29 is 19.1 Å². The van der Waals surface area contributed by atoms with Crippen LogP contribution >= 0.6 is 48.0 Å². The number of carbonyl (C=O) groups is 2. The van der Waals surface area contributed by atoms with Gasteiger partial charge in [-0.2, -0.15) is 10.2 Å². The lowest BCUT2D eigenvalue weighted by Crippen LogP contribution is -2.25. The maximum atomic E-state index is 13.0. The Labute approximate surface area is 436 Å². The Bertz CT molecular complexity index is 2700. The third kappa shape index (κ3) is 15.5. The van der Waals surface area contributed by atoms with Crippen LogP contribution in [0, 0.1) is 25.7 Å². The number of ether oxygens (including phenoxy) is 2. The Morgan fingerprint density at radius 3 is 1.50 bits per heavy atom. The van der Waals surface area contributed by atoms with Crippen molar-refractivity contribution in [3.8, 4) is 11.5 Å². The fourth-order valence-electron chi connectivity index (χ4n) is 8.34. The first-order valence-electron chi connectivity index (χ1n) is 23.9. The molecular formula is C54H68Cl4N8O4. The number of amides is 2. The van der Waals surface area contributed by atoms with E-state index in [0.29, 0.717) is 70.9 Å². The molecule has 0 unspecified atom stereocenters. The minimum Gasteiger partial charge on any atom is -0.493 e. The quantitative estimate of drug-likeness (QED) is 0.0928. The molecule has 8 rings (SSSR count). The van der Waals surface area contributed by atoms with E-state index in [2.05, 4.69) is 77.8 Å². The minimum atomic E-state index is -0.150. The summed E-state index contributed by atoms with van der Waals surface area (Å²) in [5.74, 6) is 3.22. The van der Waals surface area contributed by atoms with E-state index >= 15 is 0 Å². The zero-order chi connectivity index (χ0) is 48.3. The van der Waals surface area contributed by atoms with Crippen LogP contribution in [0.2, 0.25) is 10.0 Å². The molecule has 376 valence electrons. The van der Waals surface area contributed by atoms with Crippen molar-refractivity contribution in [1.29, 1.82) is 0 Å². The fraction of sp³-hybridized carbons (Fsp3) is 0.407. The molecule has 4 heterocycles. The van der Waals surface area contributed by atoms with Gasteiger partial charge >= 0.3 is 0 Å². The van der Waals surface area contributed by atoms with Crippen LogP contribution in [0.3, 0.4) is 0 Å². The maximum Gasteiger partial charge on any atom is 0.256 e. The van der Waals surface area contributed by atoms with Crippen LogP contribution in [-0.2, 0) is 38.8 Å². The molecule has 0 bridgehead atoms.